The van der Waals surface area contributed by atoms with Crippen molar-refractivity contribution in [1.29, 1.82) is 0 Å². The van der Waals surface area contributed by atoms with Crippen LogP contribution < -0.4 is 0 Å². The minimum absolute atomic E-state index is 0.506. The summed E-state index contributed by atoms with van der Waals surface area (Å²) in [6.07, 6.45) is -5.91. The van der Waals surface area contributed by atoms with Crippen LogP contribution in [0, 0.1) is 6.61 Å². The van der Waals surface area contributed by atoms with E-state index in [1.807, 2.05) is 0 Å². The Morgan fingerprint density at radius 3 is 2.31 bits per heavy atom. The molecular weight excluding hydrogens is 180 g/mol. The van der Waals surface area contributed by atoms with E-state index in [0.29, 0.717) is 6.61 Å². The van der Waals surface area contributed by atoms with Crippen molar-refractivity contribution in [2.45, 2.75) is 37.1 Å². The molecule has 0 aromatic heterocycles. The molecule has 13 heavy (non-hydrogen) atoms. The molecular formula is C7H13O6. The Morgan fingerprint density at radius 2 is 1.85 bits per heavy atom. The van der Waals surface area contributed by atoms with Crippen molar-refractivity contribution in [3.8, 4) is 0 Å². The van der Waals surface area contributed by atoms with E-state index in [0.717, 1.165) is 6.92 Å². The molecule has 0 aliphatic carbocycles. The van der Waals surface area contributed by atoms with Crippen molar-refractivity contribution in [3.63, 3.8) is 0 Å². The van der Waals surface area contributed by atoms with Crippen molar-refractivity contribution in [1.82, 2.24) is 0 Å². The first-order chi connectivity index (χ1) is 5.91. The predicted molar refractivity (Wildman–Crippen MR) is 39.8 cm³/mol. The van der Waals surface area contributed by atoms with Gasteiger partial charge >= 0.3 is 0 Å². The summed E-state index contributed by atoms with van der Waals surface area (Å²) in [7, 11) is 0. The van der Waals surface area contributed by atoms with E-state index >= 15 is 0 Å². The SMILES string of the molecule is C[C@]1(O)C(O)O[C@H]([CH]O)[C@@H](O)[C@@H]1O. The standard InChI is InChI=1S/C7H13O6/c1-7(12)5(10)4(9)3(2-8)13-6(7)11/h2-6,8-12H,1H3/t3-,4-,5+,6?,7-/m1/s1. The number of aliphatic hydroxyl groups is 5. The third-order valence-corrected chi connectivity index (χ3v) is 2.19. The Hall–Kier alpha value is -0.240. The largest absolute Gasteiger partial charge is 0.387 e. The van der Waals surface area contributed by atoms with E-state index in [1.54, 1.807) is 0 Å². The van der Waals surface area contributed by atoms with Crippen LogP contribution in [0.4, 0.5) is 0 Å². The lowest BCUT2D eigenvalue weighted by atomic mass is 9.88. The molecule has 5 atom stereocenters. The zero-order chi connectivity index (χ0) is 10.2. The van der Waals surface area contributed by atoms with E-state index < -0.39 is 30.2 Å². The average Bonchev–Trinajstić information content (AvgIpc) is 2.09. The normalized spacial score (nSPS) is 52.2. The highest BCUT2D eigenvalue weighted by Crippen LogP contribution is 2.28. The molecule has 1 radical (unpaired) electrons. The maximum absolute atomic E-state index is 9.41. The molecule has 0 bridgehead atoms. The smallest absolute Gasteiger partial charge is 0.186 e. The topological polar surface area (TPSA) is 110 Å². The zero-order valence-electron chi connectivity index (χ0n) is 7.03. The predicted octanol–water partition coefficient (Wildman–Crippen LogP) is -2.29. The fourth-order valence-electron chi connectivity index (χ4n) is 1.16. The monoisotopic (exact) mass is 193 g/mol. The fraction of sp³-hybridized carbons (Fsp3) is 0.857. The second-order valence-corrected chi connectivity index (χ2v) is 3.26. The first kappa shape index (κ1) is 10.8. The van der Waals surface area contributed by atoms with E-state index in [9.17, 15) is 15.3 Å². The van der Waals surface area contributed by atoms with Gasteiger partial charge in [0.05, 0.1) is 0 Å². The van der Waals surface area contributed by atoms with Crippen LogP contribution in [0.2, 0.25) is 0 Å². The second kappa shape index (κ2) is 3.49. The Morgan fingerprint density at radius 1 is 1.31 bits per heavy atom. The van der Waals surface area contributed by atoms with Crippen LogP contribution in [0.25, 0.3) is 0 Å². The van der Waals surface area contributed by atoms with Crippen LogP contribution in [-0.4, -0.2) is 55.7 Å². The molecule has 0 saturated carbocycles. The summed E-state index contributed by atoms with van der Waals surface area (Å²) in [6, 6.07) is 0. The maximum Gasteiger partial charge on any atom is 0.186 e. The van der Waals surface area contributed by atoms with Crippen molar-refractivity contribution in [3.05, 3.63) is 6.61 Å². The highest BCUT2D eigenvalue weighted by molar-refractivity contribution is 4.98. The highest BCUT2D eigenvalue weighted by Gasteiger charge is 2.51. The number of rotatable bonds is 1. The minimum Gasteiger partial charge on any atom is -0.387 e. The van der Waals surface area contributed by atoms with Gasteiger partial charge in [0.1, 0.15) is 30.5 Å². The average molecular weight is 193 g/mol. The molecule has 1 aliphatic heterocycles. The van der Waals surface area contributed by atoms with Gasteiger partial charge in [-0.1, -0.05) is 0 Å². The molecule has 1 heterocycles. The van der Waals surface area contributed by atoms with Gasteiger partial charge in [0.2, 0.25) is 0 Å². The highest BCUT2D eigenvalue weighted by atomic mass is 16.6. The van der Waals surface area contributed by atoms with Gasteiger partial charge < -0.3 is 30.3 Å². The van der Waals surface area contributed by atoms with Crippen molar-refractivity contribution in [2.24, 2.45) is 0 Å². The Labute approximate surface area is 75.0 Å². The lowest BCUT2D eigenvalue weighted by Gasteiger charge is -2.43. The molecule has 6 heteroatoms. The van der Waals surface area contributed by atoms with Gasteiger partial charge in [-0.2, -0.15) is 0 Å². The maximum atomic E-state index is 9.41. The molecule has 1 fully saturated rings. The first-order valence-corrected chi connectivity index (χ1v) is 3.81. The molecule has 0 aromatic rings. The summed E-state index contributed by atoms with van der Waals surface area (Å²) in [5, 5.41) is 45.7. The Balaban J connectivity index is 2.79. The van der Waals surface area contributed by atoms with E-state index in [4.69, 9.17) is 10.2 Å². The van der Waals surface area contributed by atoms with Crippen LogP contribution in [0.15, 0.2) is 0 Å². The molecule has 5 N–H and O–H groups in total. The van der Waals surface area contributed by atoms with E-state index in [2.05, 4.69) is 4.74 Å². The van der Waals surface area contributed by atoms with Crippen LogP contribution in [0.1, 0.15) is 6.92 Å². The quantitative estimate of drug-likeness (QED) is 0.320. The summed E-state index contributed by atoms with van der Waals surface area (Å²) >= 11 is 0. The molecule has 0 amide bonds. The van der Waals surface area contributed by atoms with Gasteiger partial charge in [-0.15, -0.1) is 0 Å². The molecule has 1 rings (SSSR count). The molecule has 1 unspecified atom stereocenters. The first-order valence-electron chi connectivity index (χ1n) is 3.81. The summed E-state index contributed by atoms with van der Waals surface area (Å²) in [4.78, 5) is 0. The molecule has 6 nitrogen and oxygen atoms in total. The fourth-order valence-corrected chi connectivity index (χ4v) is 1.16. The number of hydrogen-bond donors (Lipinski definition) is 5. The molecule has 0 spiro atoms. The molecule has 1 saturated heterocycles. The van der Waals surface area contributed by atoms with Crippen LogP contribution in [0.5, 0.6) is 0 Å². The van der Waals surface area contributed by atoms with Crippen LogP contribution in [0.3, 0.4) is 0 Å². The third kappa shape index (κ3) is 1.69. The van der Waals surface area contributed by atoms with E-state index in [-0.39, 0.29) is 0 Å². The summed E-state index contributed by atoms with van der Waals surface area (Å²) in [5.74, 6) is 0. The number of hydrogen-bond acceptors (Lipinski definition) is 6. The van der Waals surface area contributed by atoms with Crippen molar-refractivity contribution >= 4 is 0 Å². The summed E-state index contributed by atoms with van der Waals surface area (Å²) in [5.41, 5.74) is -1.95. The second-order valence-electron chi connectivity index (χ2n) is 3.26. The molecule has 0 aromatic carbocycles. The zero-order valence-corrected chi connectivity index (χ0v) is 7.03. The third-order valence-electron chi connectivity index (χ3n) is 2.19. The lowest BCUT2D eigenvalue weighted by Crippen LogP contribution is -2.64. The van der Waals surface area contributed by atoms with Crippen LogP contribution >= 0.6 is 0 Å². The Bertz CT molecular complexity index is 182. The number of aliphatic hydroxyl groups excluding tert-OH is 4. The van der Waals surface area contributed by atoms with Gasteiger partial charge in [0.25, 0.3) is 0 Å². The van der Waals surface area contributed by atoms with Gasteiger partial charge in [0.15, 0.2) is 6.29 Å². The summed E-state index contributed by atoms with van der Waals surface area (Å²) < 4.78 is 4.62. The number of ether oxygens (including phenoxy) is 1. The van der Waals surface area contributed by atoms with Gasteiger partial charge in [-0.05, 0) is 6.92 Å². The van der Waals surface area contributed by atoms with Crippen molar-refractivity contribution < 1.29 is 30.3 Å². The minimum atomic E-state index is -1.95. The van der Waals surface area contributed by atoms with E-state index in [1.165, 1.54) is 0 Å². The lowest BCUT2D eigenvalue weighted by molar-refractivity contribution is -0.317. The van der Waals surface area contributed by atoms with Gasteiger partial charge in [0, 0.05) is 0 Å². The molecule has 1 aliphatic rings. The molecule has 77 valence electrons. The van der Waals surface area contributed by atoms with Crippen molar-refractivity contribution in [2.75, 3.05) is 0 Å². The van der Waals surface area contributed by atoms with Gasteiger partial charge in [-0.3, -0.25) is 0 Å². The Kier molecular flexibility index (Phi) is 2.91. The van der Waals surface area contributed by atoms with Gasteiger partial charge in [-0.25, -0.2) is 0 Å². The summed E-state index contributed by atoms with van der Waals surface area (Å²) in [6.45, 7) is 1.63. The van der Waals surface area contributed by atoms with Crippen LogP contribution in [-0.2, 0) is 4.74 Å².